The molecule has 0 radical (unpaired) electrons. The van der Waals surface area contributed by atoms with Crippen molar-refractivity contribution in [3.63, 3.8) is 0 Å². The van der Waals surface area contributed by atoms with Gasteiger partial charge in [0.05, 0.1) is 18.2 Å². The fourth-order valence-corrected chi connectivity index (χ4v) is 6.33. The average molecular weight is 530 g/mol. The molecule has 4 heterocycles. The van der Waals surface area contributed by atoms with Crippen LogP contribution in [0.2, 0.25) is 0 Å². The minimum atomic E-state index is -0.843. The van der Waals surface area contributed by atoms with Crippen molar-refractivity contribution in [2.45, 2.75) is 57.5 Å². The summed E-state index contributed by atoms with van der Waals surface area (Å²) < 4.78 is 12.1. The Balaban J connectivity index is 1.33. The van der Waals surface area contributed by atoms with Crippen LogP contribution in [0, 0.1) is 6.92 Å². The Morgan fingerprint density at radius 3 is 2.84 bits per heavy atom. The number of carbonyl (C=O) groups excluding carboxylic acids is 1. The van der Waals surface area contributed by atoms with Gasteiger partial charge < -0.3 is 19.8 Å². The number of rotatable bonds is 6. The molecule has 0 unspecified atom stereocenters. The van der Waals surface area contributed by atoms with E-state index in [4.69, 9.17) is 14.9 Å². The van der Waals surface area contributed by atoms with Crippen LogP contribution in [-0.4, -0.2) is 39.1 Å². The Morgan fingerprint density at radius 1 is 1.21 bits per heavy atom. The summed E-state index contributed by atoms with van der Waals surface area (Å²) in [5.41, 5.74) is 10.1. The number of aryl methyl sites for hydroxylation is 1. The number of benzene rings is 2. The fraction of sp³-hybridized carbons (Fsp3) is 0.379. The van der Waals surface area contributed by atoms with Crippen molar-refractivity contribution in [3.05, 3.63) is 81.1 Å². The summed E-state index contributed by atoms with van der Waals surface area (Å²) in [5.74, 6) is 1.37. The van der Waals surface area contributed by atoms with Gasteiger partial charge in [-0.1, -0.05) is 30.3 Å². The minimum absolute atomic E-state index is 0.00330. The molecule has 1 fully saturated rings. The third-order valence-corrected chi connectivity index (χ3v) is 8.34. The fourth-order valence-electron chi connectivity index (χ4n) is 5.39. The molecule has 2 aromatic carbocycles. The summed E-state index contributed by atoms with van der Waals surface area (Å²) in [6.45, 7) is 5.19. The number of amides is 1. The Hall–Kier alpha value is -3.56. The van der Waals surface area contributed by atoms with Gasteiger partial charge in [0, 0.05) is 34.3 Å². The minimum Gasteiger partial charge on any atom is -0.493 e. The van der Waals surface area contributed by atoms with Crippen LogP contribution in [0.1, 0.15) is 70.3 Å². The molecule has 2 aromatic heterocycles. The number of aromatic nitrogens is 3. The lowest BCUT2D eigenvalue weighted by Gasteiger charge is -2.27. The summed E-state index contributed by atoms with van der Waals surface area (Å²) >= 11 is 1.62. The number of fused-ring (bicyclic) bond motifs is 1. The molecule has 0 saturated carbocycles. The van der Waals surface area contributed by atoms with E-state index in [2.05, 4.69) is 15.2 Å². The second kappa shape index (κ2) is 9.96. The zero-order valence-electron chi connectivity index (χ0n) is 21.6. The molecule has 2 N–H and O–H groups in total. The first-order chi connectivity index (χ1) is 18.4. The molecule has 2 aliphatic heterocycles. The lowest BCUT2D eigenvalue weighted by Crippen LogP contribution is -2.35. The average Bonchev–Trinajstić information content (AvgIpc) is 3.69. The zero-order valence-corrected chi connectivity index (χ0v) is 22.5. The van der Waals surface area contributed by atoms with Crippen LogP contribution in [0.5, 0.6) is 5.75 Å². The van der Waals surface area contributed by atoms with Gasteiger partial charge in [-0.3, -0.25) is 4.79 Å². The second-order valence-corrected chi connectivity index (χ2v) is 11.3. The standard InChI is InChI=1S/C29H31N5O3S/c1-18-17-38-26(31-18)23-11-6-12-34(23)27(35)22-14-20(15-24-21(22)10-7-13-36-24)25-32-33-28(37-25)29(2,30)16-19-8-4-3-5-9-19/h3-5,8-9,14-15,17,23H,6-7,10-13,16,30H2,1-2H3/t23-,29+/m1/s1. The molecular formula is C29H31N5O3S. The van der Waals surface area contributed by atoms with Crippen LogP contribution in [0.25, 0.3) is 11.5 Å². The van der Waals surface area contributed by atoms with Crippen LogP contribution in [0.4, 0.5) is 0 Å². The van der Waals surface area contributed by atoms with Crippen molar-refractivity contribution >= 4 is 17.2 Å². The molecule has 0 bridgehead atoms. The van der Waals surface area contributed by atoms with E-state index in [1.165, 1.54) is 0 Å². The maximum atomic E-state index is 14.0. The highest BCUT2D eigenvalue weighted by atomic mass is 32.1. The van der Waals surface area contributed by atoms with E-state index in [-0.39, 0.29) is 11.9 Å². The van der Waals surface area contributed by atoms with Crippen LogP contribution in [-0.2, 0) is 18.4 Å². The molecule has 8 nitrogen and oxygen atoms in total. The Labute approximate surface area is 225 Å². The summed E-state index contributed by atoms with van der Waals surface area (Å²) in [4.78, 5) is 20.7. The van der Waals surface area contributed by atoms with Crippen molar-refractivity contribution in [1.29, 1.82) is 0 Å². The van der Waals surface area contributed by atoms with Gasteiger partial charge in [-0.15, -0.1) is 21.5 Å². The maximum absolute atomic E-state index is 14.0. The highest BCUT2D eigenvalue weighted by molar-refractivity contribution is 7.09. The highest BCUT2D eigenvalue weighted by Crippen LogP contribution is 2.39. The van der Waals surface area contributed by atoms with Gasteiger partial charge in [0.15, 0.2) is 0 Å². The molecule has 9 heteroatoms. The molecule has 2 atom stereocenters. The van der Waals surface area contributed by atoms with E-state index in [9.17, 15) is 4.79 Å². The highest BCUT2D eigenvalue weighted by Gasteiger charge is 2.35. The largest absolute Gasteiger partial charge is 0.493 e. The first-order valence-electron chi connectivity index (χ1n) is 13.1. The molecule has 2 aliphatic rings. The normalized spacial score (nSPS) is 18.6. The van der Waals surface area contributed by atoms with Gasteiger partial charge >= 0.3 is 0 Å². The van der Waals surface area contributed by atoms with Gasteiger partial charge in [-0.2, -0.15) is 0 Å². The predicted molar refractivity (Wildman–Crippen MR) is 145 cm³/mol. The first kappa shape index (κ1) is 24.8. The van der Waals surface area contributed by atoms with Crippen molar-refractivity contribution in [2.24, 2.45) is 5.73 Å². The monoisotopic (exact) mass is 529 g/mol. The van der Waals surface area contributed by atoms with Crippen LogP contribution in [0.15, 0.2) is 52.3 Å². The van der Waals surface area contributed by atoms with E-state index in [1.807, 2.05) is 66.6 Å². The summed E-state index contributed by atoms with van der Waals surface area (Å²) in [6.07, 6.45) is 4.09. The SMILES string of the molecule is Cc1csc([C@H]2CCCN2C(=O)c2cc(-c3nnc([C@@](C)(N)Cc4ccccc4)o3)cc3c2CCCO3)n1. The Bertz CT molecular complexity index is 1460. The number of hydrogen-bond donors (Lipinski definition) is 1. The maximum Gasteiger partial charge on any atom is 0.254 e. The molecular weight excluding hydrogens is 498 g/mol. The van der Waals surface area contributed by atoms with Gasteiger partial charge in [0.2, 0.25) is 11.8 Å². The van der Waals surface area contributed by atoms with Crippen LogP contribution >= 0.6 is 11.3 Å². The predicted octanol–water partition coefficient (Wildman–Crippen LogP) is 5.22. The summed E-state index contributed by atoms with van der Waals surface area (Å²) in [7, 11) is 0. The molecule has 196 valence electrons. The molecule has 6 rings (SSSR count). The van der Waals surface area contributed by atoms with Crippen molar-refractivity contribution in [3.8, 4) is 17.2 Å². The summed E-state index contributed by atoms with van der Waals surface area (Å²) in [6, 6.07) is 13.8. The topological polar surface area (TPSA) is 107 Å². The third-order valence-electron chi connectivity index (χ3n) is 7.28. The third kappa shape index (κ3) is 4.72. The van der Waals surface area contributed by atoms with E-state index < -0.39 is 5.54 Å². The Morgan fingerprint density at radius 2 is 2.05 bits per heavy atom. The van der Waals surface area contributed by atoms with Gasteiger partial charge in [0.25, 0.3) is 5.91 Å². The van der Waals surface area contributed by atoms with Gasteiger partial charge in [0.1, 0.15) is 10.8 Å². The van der Waals surface area contributed by atoms with Crippen molar-refractivity contribution < 1.29 is 13.9 Å². The van der Waals surface area contributed by atoms with E-state index in [0.29, 0.717) is 48.2 Å². The Kier molecular flexibility index (Phi) is 6.49. The smallest absolute Gasteiger partial charge is 0.254 e. The van der Waals surface area contributed by atoms with E-state index in [0.717, 1.165) is 47.5 Å². The molecule has 4 aromatic rings. The number of nitrogens with zero attached hydrogens (tertiary/aromatic N) is 4. The molecule has 0 aliphatic carbocycles. The van der Waals surface area contributed by atoms with E-state index in [1.54, 1.807) is 11.3 Å². The van der Waals surface area contributed by atoms with Crippen molar-refractivity contribution in [2.75, 3.05) is 13.2 Å². The van der Waals surface area contributed by atoms with Gasteiger partial charge in [-0.25, -0.2) is 4.98 Å². The lowest BCUT2D eigenvalue weighted by molar-refractivity contribution is 0.0733. The number of thiazole rings is 1. The number of likely N-dealkylation sites (tertiary alicyclic amines) is 1. The number of ether oxygens (including phenoxy) is 1. The van der Waals surface area contributed by atoms with E-state index >= 15 is 0 Å². The molecule has 1 amide bonds. The first-order valence-corrected chi connectivity index (χ1v) is 14.0. The second-order valence-electron chi connectivity index (χ2n) is 10.4. The molecule has 38 heavy (non-hydrogen) atoms. The van der Waals surface area contributed by atoms with Gasteiger partial charge in [-0.05, 0) is 63.6 Å². The molecule has 1 saturated heterocycles. The quantitative estimate of drug-likeness (QED) is 0.365. The number of nitrogens with two attached hydrogens (primary N) is 1. The summed E-state index contributed by atoms with van der Waals surface area (Å²) in [5, 5.41) is 11.7. The number of carbonyl (C=O) groups is 1. The van der Waals surface area contributed by atoms with Crippen LogP contribution in [0.3, 0.4) is 0 Å². The zero-order chi connectivity index (χ0) is 26.3. The lowest BCUT2D eigenvalue weighted by atomic mass is 9.94. The van der Waals surface area contributed by atoms with Crippen molar-refractivity contribution in [1.82, 2.24) is 20.1 Å². The van der Waals surface area contributed by atoms with Crippen LogP contribution < -0.4 is 10.5 Å². The molecule has 0 spiro atoms. The number of hydrogen-bond acceptors (Lipinski definition) is 8.